The number of aliphatic imine (C=N–C) groups is 1. The van der Waals surface area contributed by atoms with E-state index in [1.54, 1.807) is 18.2 Å². The van der Waals surface area contributed by atoms with Crippen LogP contribution in [0.15, 0.2) is 72.1 Å². The van der Waals surface area contributed by atoms with Gasteiger partial charge in [-0.2, -0.15) is 0 Å². The van der Waals surface area contributed by atoms with Crippen LogP contribution in [0.4, 0.5) is 0 Å². The molecule has 0 bridgehead atoms. The Kier molecular flexibility index (Phi) is 9.99. The fourth-order valence-electron chi connectivity index (χ4n) is 9.15. The number of nitrogens with one attached hydrogen (secondary N) is 2. The number of amidine groups is 1. The third-order valence-electron chi connectivity index (χ3n) is 12.4. The van der Waals surface area contributed by atoms with Gasteiger partial charge in [-0.1, -0.05) is 19.1 Å². The van der Waals surface area contributed by atoms with Crippen LogP contribution in [-0.2, 0) is 19.5 Å². The van der Waals surface area contributed by atoms with Crippen LogP contribution >= 0.6 is 11.3 Å². The number of hydrogen-bond acceptors (Lipinski definition) is 9. The maximum Gasteiger partial charge on any atom is 0.203 e. The molecule has 8 rings (SSSR count). The van der Waals surface area contributed by atoms with Gasteiger partial charge in [0, 0.05) is 13.5 Å². The predicted molar refractivity (Wildman–Crippen MR) is 217 cm³/mol. The zero-order valence-electron chi connectivity index (χ0n) is 31.8. The van der Waals surface area contributed by atoms with Crippen molar-refractivity contribution in [3.63, 3.8) is 0 Å². The number of thiazole rings is 1. The topological polar surface area (TPSA) is 161 Å². The van der Waals surface area contributed by atoms with Crippen molar-refractivity contribution in [3.8, 4) is 22.1 Å². The van der Waals surface area contributed by atoms with E-state index in [0.717, 1.165) is 61.1 Å². The smallest absolute Gasteiger partial charge is 0.203 e. The summed E-state index contributed by atoms with van der Waals surface area (Å²) in [5.74, 6) is 2.22. The molecule has 0 amide bonds. The number of hydrogen-bond donors (Lipinski definition) is 5. The van der Waals surface area contributed by atoms with E-state index >= 15 is 0 Å². The second kappa shape index (κ2) is 14.9. The van der Waals surface area contributed by atoms with Crippen molar-refractivity contribution in [1.82, 2.24) is 4.98 Å². The lowest BCUT2D eigenvalue weighted by Gasteiger charge is -2.40. The second-order valence-corrected chi connectivity index (χ2v) is 16.5. The molecule has 3 atom stereocenters. The first-order valence-corrected chi connectivity index (χ1v) is 20.2. The van der Waals surface area contributed by atoms with Crippen molar-refractivity contribution in [1.29, 1.82) is 0 Å². The van der Waals surface area contributed by atoms with E-state index in [1.165, 1.54) is 34.4 Å². The van der Waals surface area contributed by atoms with Crippen molar-refractivity contribution in [2.24, 2.45) is 22.6 Å². The van der Waals surface area contributed by atoms with Gasteiger partial charge in [0.05, 0.1) is 68.9 Å². The summed E-state index contributed by atoms with van der Waals surface area (Å²) in [6.07, 6.45) is 6.32. The summed E-state index contributed by atoms with van der Waals surface area (Å²) in [6.45, 7) is 10.1. The lowest BCUT2D eigenvalue weighted by molar-refractivity contribution is -0.943. The highest BCUT2D eigenvalue weighted by atomic mass is 32.1. The number of aryl methyl sites for hydroxylation is 2. The first-order valence-electron chi connectivity index (χ1n) is 19.4. The molecule has 0 aliphatic carbocycles. The summed E-state index contributed by atoms with van der Waals surface area (Å²) in [6, 6.07) is 13.2. The molecule has 6 aromatic rings. The number of aromatic hydroxyl groups is 2. The number of nitrogens with zero attached hydrogens (tertiary/aromatic N) is 2. The molecule has 5 heterocycles. The highest BCUT2D eigenvalue weighted by molar-refractivity contribution is 7.21. The molecule has 3 aromatic carbocycles. The van der Waals surface area contributed by atoms with Gasteiger partial charge in [0.1, 0.15) is 53.0 Å². The lowest BCUT2D eigenvalue weighted by Crippen LogP contribution is -3.15. The first kappa shape index (κ1) is 36.9. The van der Waals surface area contributed by atoms with Crippen LogP contribution in [0, 0.1) is 18.8 Å². The molecule has 3 aromatic heterocycles. The summed E-state index contributed by atoms with van der Waals surface area (Å²) < 4.78 is 13.4. The molecular weight excluding hydrogens is 715 g/mol. The molecule has 0 spiro atoms. The largest absolute Gasteiger partial charge is 0.507 e. The highest BCUT2D eigenvalue weighted by Gasteiger charge is 2.37. The zero-order chi connectivity index (χ0) is 38.5. The minimum absolute atomic E-state index is 0.124. The Hall–Kier alpha value is -5.04. The van der Waals surface area contributed by atoms with Crippen molar-refractivity contribution in [2.75, 3.05) is 26.7 Å². The van der Waals surface area contributed by atoms with Gasteiger partial charge < -0.3 is 34.6 Å². The van der Waals surface area contributed by atoms with E-state index < -0.39 is 0 Å². The van der Waals surface area contributed by atoms with E-state index in [0.29, 0.717) is 86.8 Å². The van der Waals surface area contributed by atoms with Crippen LogP contribution in [0.5, 0.6) is 11.5 Å². The fraction of sp³-hybridized carbons (Fsp3) is 0.395. The van der Waals surface area contributed by atoms with Crippen LogP contribution in [-0.4, -0.2) is 53.8 Å². The molecule has 0 saturated carbocycles. The van der Waals surface area contributed by atoms with Crippen molar-refractivity contribution in [3.05, 3.63) is 97.2 Å². The Labute approximate surface area is 322 Å². The number of fused-ring (bicyclic) bond motifs is 3. The summed E-state index contributed by atoms with van der Waals surface area (Å²) in [5, 5.41) is 23.9. The van der Waals surface area contributed by atoms with Gasteiger partial charge in [0.15, 0.2) is 5.58 Å². The van der Waals surface area contributed by atoms with E-state index in [4.69, 9.17) is 19.6 Å². The molecule has 2 aliphatic heterocycles. The average Bonchev–Trinajstić information content (AvgIpc) is 3.61. The number of likely N-dealkylation sites (tertiary alicyclic amines) is 2. The second-order valence-electron chi connectivity index (χ2n) is 15.5. The van der Waals surface area contributed by atoms with Gasteiger partial charge in [-0.25, -0.2) is 4.98 Å². The van der Waals surface area contributed by atoms with Gasteiger partial charge in [-0.05, 0) is 87.3 Å². The van der Waals surface area contributed by atoms with Crippen LogP contribution in [0.25, 0.3) is 42.7 Å². The molecular formula is C43H49N5O6S+2. The number of benzene rings is 3. The monoisotopic (exact) mass is 763 g/mol. The minimum atomic E-state index is -0.235. The number of aromatic nitrogens is 1. The molecule has 2 saturated heterocycles. The number of para-hydroxylation sites is 1. The van der Waals surface area contributed by atoms with Crippen LogP contribution in [0.2, 0.25) is 0 Å². The Balaban J connectivity index is 0.946. The Morgan fingerprint density at radius 3 is 2.47 bits per heavy atom. The molecule has 55 heavy (non-hydrogen) atoms. The van der Waals surface area contributed by atoms with Crippen LogP contribution in [0.3, 0.4) is 0 Å². The van der Waals surface area contributed by atoms with Gasteiger partial charge >= 0.3 is 0 Å². The number of phenols is 2. The molecule has 12 heteroatoms. The Bertz CT molecular complexity index is 2550. The maximum absolute atomic E-state index is 13.9. The van der Waals surface area contributed by atoms with E-state index in [9.17, 15) is 19.8 Å². The fourth-order valence-corrected chi connectivity index (χ4v) is 10.2. The molecule has 6 N–H and O–H groups in total. The standard InChI is InChI=1S/C43H47N5O6S/c1-5-25-19-29-38(51)32(42(44)45-4)22-53-40(29)31(37(25)50)20-47-15-12-26(13-16-47)27-14-17-48(23(2)18-27)21-30-34(49)11-10-28-39(52)36(24(3)54-41(28)30)43-46-33-8-6-7-9-35(33)55-43/h6-11,19,22-23,26-27,49-50H,5,12-18,20-21H2,1-4H3,(H2,44,45)/p+2/t23-,27?/m1/s1. The molecule has 2 aliphatic rings. The minimum Gasteiger partial charge on any atom is -0.507 e. The van der Waals surface area contributed by atoms with E-state index in [1.807, 2.05) is 38.1 Å². The third kappa shape index (κ3) is 6.70. The number of phenolic OH excluding ortho intramolecular Hbond substituents is 2. The summed E-state index contributed by atoms with van der Waals surface area (Å²) in [5.41, 5.74) is 10.2. The van der Waals surface area contributed by atoms with E-state index in [-0.39, 0.29) is 33.8 Å². The summed E-state index contributed by atoms with van der Waals surface area (Å²) >= 11 is 1.48. The molecule has 286 valence electrons. The average molecular weight is 764 g/mol. The Morgan fingerprint density at radius 1 is 0.982 bits per heavy atom. The van der Waals surface area contributed by atoms with Gasteiger partial charge in [0.2, 0.25) is 10.9 Å². The summed E-state index contributed by atoms with van der Waals surface area (Å²) in [7, 11) is 1.54. The molecule has 11 nitrogen and oxygen atoms in total. The predicted octanol–water partition coefficient (Wildman–Crippen LogP) is 4.47. The maximum atomic E-state index is 13.9. The number of rotatable bonds is 8. The van der Waals surface area contributed by atoms with Crippen molar-refractivity contribution >= 4 is 49.3 Å². The number of nitrogens with two attached hydrogens (primary N) is 1. The van der Waals surface area contributed by atoms with E-state index in [2.05, 4.69) is 11.9 Å². The SMILES string of the molecule is CCc1cc2c(=O)c(C(N)=NC)coc2c(C[NH+]2CCC(C3CC[NH+](Cc4c(O)ccc5c(=O)c(-c6nc7ccccc7s6)c(C)oc45)[C@H](C)C3)CC2)c1O. The van der Waals surface area contributed by atoms with Crippen molar-refractivity contribution < 1.29 is 28.8 Å². The number of piperidine rings is 2. The quantitative estimate of drug-likeness (QED) is 0.112. The van der Waals surface area contributed by atoms with Gasteiger partial charge in [0.25, 0.3) is 0 Å². The summed E-state index contributed by atoms with van der Waals surface area (Å²) in [4.78, 5) is 38.7. The number of quaternary nitrogens is 2. The highest BCUT2D eigenvalue weighted by Crippen LogP contribution is 2.35. The molecule has 2 fully saturated rings. The lowest BCUT2D eigenvalue weighted by atomic mass is 9.76. The Morgan fingerprint density at radius 2 is 1.75 bits per heavy atom. The van der Waals surface area contributed by atoms with Crippen LogP contribution in [0.1, 0.15) is 67.5 Å². The molecule has 2 unspecified atom stereocenters. The first-order chi connectivity index (χ1) is 26.6. The third-order valence-corrected chi connectivity index (χ3v) is 13.4. The van der Waals surface area contributed by atoms with Gasteiger partial charge in [-0.15, -0.1) is 11.3 Å². The molecule has 0 radical (unpaired) electrons. The normalized spacial score (nSPS) is 22.2. The zero-order valence-corrected chi connectivity index (χ0v) is 32.6. The van der Waals surface area contributed by atoms with Crippen molar-refractivity contribution in [2.45, 2.75) is 72.0 Å². The van der Waals surface area contributed by atoms with Crippen LogP contribution < -0.4 is 26.4 Å². The van der Waals surface area contributed by atoms with Gasteiger partial charge in [-0.3, -0.25) is 14.6 Å².